The molecule has 0 bridgehead atoms. The van der Waals surface area contributed by atoms with E-state index < -0.39 is 12.3 Å². The predicted octanol–water partition coefficient (Wildman–Crippen LogP) is 2.38. The summed E-state index contributed by atoms with van der Waals surface area (Å²) in [6.45, 7) is 0. The molecule has 1 aliphatic carbocycles. The normalized spacial score (nSPS) is 27.2. The molecule has 3 heteroatoms. The van der Waals surface area contributed by atoms with E-state index in [1.54, 1.807) is 12.1 Å². The van der Waals surface area contributed by atoms with Crippen molar-refractivity contribution in [2.45, 2.75) is 18.7 Å². The molecule has 0 aliphatic heterocycles. The zero-order valence-corrected chi connectivity index (χ0v) is 7.88. The molecule has 0 aromatic heterocycles. The maximum atomic E-state index is 13.2. The van der Waals surface area contributed by atoms with E-state index in [0.29, 0.717) is 12.0 Å². The first-order valence-corrected chi connectivity index (χ1v) is 4.59. The second-order valence-electron chi connectivity index (χ2n) is 2.98. The van der Waals surface area contributed by atoms with Gasteiger partial charge in [-0.3, -0.25) is 0 Å². The lowest BCUT2D eigenvalue weighted by molar-refractivity contribution is 0.0928. The van der Waals surface area contributed by atoms with Gasteiger partial charge in [-0.25, -0.2) is 4.39 Å². The van der Waals surface area contributed by atoms with Gasteiger partial charge in [0.1, 0.15) is 0 Å². The minimum Gasteiger partial charge on any atom is -0.389 e. The molecule has 0 radical (unpaired) electrons. The van der Waals surface area contributed by atoms with Crippen LogP contribution in [0.25, 0.3) is 0 Å². The molecule has 1 aromatic rings. The zero-order chi connectivity index (χ0) is 8.72. The Morgan fingerprint density at radius 1 is 1.50 bits per heavy atom. The molecule has 1 N–H and O–H groups in total. The number of hydrogen-bond donors (Lipinski definition) is 1. The molecular formula is C9H8BrFO. The lowest BCUT2D eigenvalue weighted by Crippen LogP contribution is -2.08. The molecule has 0 saturated heterocycles. The molecular weight excluding hydrogens is 223 g/mol. The number of fused-ring (bicyclic) bond motifs is 1. The summed E-state index contributed by atoms with van der Waals surface area (Å²) in [5, 5.41) is 9.25. The molecule has 1 nitrogen and oxygen atoms in total. The van der Waals surface area contributed by atoms with Crippen LogP contribution in [0.2, 0.25) is 0 Å². The maximum Gasteiger partial charge on any atom is 0.152 e. The van der Waals surface area contributed by atoms with Gasteiger partial charge in [0.15, 0.2) is 6.17 Å². The summed E-state index contributed by atoms with van der Waals surface area (Å²) in [6, 6.07) is 5.37. The molecule has 0 amide bonds. The summed E-state index contributed by atoms with van der Waals surface area (Å²) < 4.78 is 14.1. The molecule has 1 aromatic carbocycles. The fourth-order valence-electron chi connectivity index (χ4n) is 1.57. The Bertz CT molecular complexity index is 313. The van der Waals surface area contributed by atoms with Crippen LogP contribution in [0.4, 0.5) is 4.39 Å². The number of alkyl halides is 1. The average Bonchev–Trinajstić information content (AvgIpc) is 2.32. The third kappa shape index (κ3) is 1.08. The summed E-state index contributed by atoms with van der Waals surface area (Å²) >= 11 is 3.32. The monoisotopic (exact) mass is 230 g/mol. The van der Waals surface area contributed by atoms with Crippen LogP contribution in [-0.2, 0) is 6.42 Å². The van der Waals surface area contributed by atoms with Crippen LogP contribution in [0.15, 0.2) is 22.7 Å². The summed E-state index contributed by atoms with van der Waals surface area (Å²) in [5.74, 6) is 0. The summed E-state index contributed by atoms with van der Waals surface area (Å²) in [4.78, 5) is 0. The SMILES string of the molecule is OC1Cc2c(Br)cccc2C1F. The molecule has 0 saturated carbocycles. The van der Waals surface area contributed by atoms with Gasteiger partial charge in [0.05, 0.1) is 6.10 Å². The number of aliphatic hydroxyl groups excluding tert-OH is 1. The van der Waals surface area contributed by atoms with Gasteiger partial charge in [-0.05, 0) is 17.2 Å². The van der Waals surface area contributed by atoms with Crippen LogP contribution in [0.3, 0.4) is 0 Å². The summed E-state index contributed by atoms with van der Waals surface area (Å²) in [6.07, 6.45) is -1.66. The minimum atomic E-state index is -1.21. The molecule has 0 spiro atoms. The molecule has 12 heavy (non-hydrogen) atoms. The van der Waals surface area contributed by atoms with Crippen molar-refractivity contribution in [1.82, 2.24) is 0 Å². The Kier molecular flexibility index (Phi) is 1.93. The number of rotatable bonds is 0. The highest BCUT2D eigenvalue weighted by molar-refractivity contribution is 9.10. The minimum absolute atomic E-state index is 0.415. The number of benzene rings is 1. The quantitative estimate of drug-likeness (QED) is 0.726. The first-order valence-electron chi connectivity index (χ1n) is 3.79. The van der Waals surface area contributed by atoms with Crippen molar-refractivity contribution in [2.24, 2.45) is 0 Å². The molecule has 0 heterocycles. The molecule has 1 aliphatic rings. The number of hydrogen-bond acceptors (Lipinski definition) is 1. The van der Waals surface area contributed by atoms with Gasteiger partial charge in [-0.1, -0.05) is 28.1 Å². The van der Waals surface area contributed by atoms with Crippen LogP contribution >= 0.6 is 15.9 Å². The third-order valence-corrected chi connectivity index (χ3v) is 2.95. The Hall–Kier alpha value is -0.410. The lowest BCUT2D eigenvalue weighted by atomic mass is 10.1. The summed E-state index contributed by atoms with van der Waals surface area (Å²) in [7, 11) is 0. The third-order valence-electron chi connectivity index (χ3n) is 2.20. The Balaban J connectivity index is 2.53. The highest BCUT2D eigenvalue weighted by Crippen LogP contribution is 2.37. The van der Waals surface area contributed by atoms with Crippen LogP contribution in [0.5, 0.6) is 0 Å². The van der Waals surface area contributed by atoms with E-state index in [4.69, 9.17) is 0 Å². The van der Waals surface area contributed by atoms with Crippen molar-refractivity contribution in [3.63, 3.8) is 0 Å². The molecule has 2 rings (SSSR count). The second kappa shape index (κ2) is 2.82. The molecule has 64 valence electrons. The fourth-order valence-corrected chi connectivity index (χ4v) is 2.11. The highest BCUT2D eigenvalue weighted by Gasteiger charge is 2.31. The fraction of sp³-hybridized carbons (Fsp3) is 0.333. The van der Waals surface area contributed by atoms with Crippen molar-refractivity contribution in [1.29, 1.82) is 0 Å². The van der Waals surface area contributed by atoms with E-state index in [9.17, 15) is 9.50 Å². The average molecular weight is 231 g/mol. The van der Waals surface area contributed by atoms with Crippen molar-refractivity contribution >= 4 is 15.9 Å². The van der Waals surface area contributed by atoms with Gasteiger partial charge in [0.25, 0.3) is 0 Å². The second-order valence-corrected chi connectivity index (χ2v) is 3.84. The van der Waals surface area contributed by atoms with Crippen LogP contribution in [0.1, 0.15) is 17.3 Å². The largest absolute Gasteiger partial charge is 0.389 e. The van der Waals surface area contributed by atoms with E-state index >= 15 is 0 Å². The number of halogens is 2. The van der Waals surface area contributed by atoms with Gasteiger partial charge in [0.2, 0.25) is 0 Å². The van der Waals surface area contributed by atoms with Gasteiger partial charge in [0, 0.05) is 10.9 Å². The predicted molar refractivity (Wildman–Crippen MR) is 47.7 cm³/mol. The van der Waals surface area contributed by atoms with Gasteiger partial charge in [-0.15, -0.1) is 0 Å². The van der Waals surface area contributed by atoms with Crippen molar-refractivity contribution in [3.8, 4) is 0 Å². The molecule has 0 fully saturated rings. The van der Waals surface area contributed by atoms with Crippen LogP contribution in [-0.4, -0.2) is 11.2 Å². The molecule has 2 unspecified atom stereocenters. The van der Waals surface area contributed by atoms with E-state index in [1.165, 1.54) is 0 Å². The van der Waals surface area contributed by atoms with E-state index in [-0.39, 0.29) is 0 Å². The van der Waals surface area contributed by atoms with Crippen molar-refractivity contribution in [3.05, 3.63) is 33.8 Å². The highest BCUT2D eigenvalue weighted by atomic mass is 79.9. The van der Waals surface area contributed by atoms with Gasteiger partial charge >= 0.3 is 0 Å². The lowest BCUT2D eigenvalue weighted by Gasteiger charge is -2.03. The van der Waals surface area contributed by atoms with Gasteiger partial charge in [-0.2, -0.15) is 0 Å². The van der Waals surface area contributed by atoms with Crippen LogP contribution < -0.4 is 0 Å². The zero-order valence-electron chi connectivity index (χ0n) is 6.30. The van der Waals surface area contributed by atoms with Crippen molar-refractivity contribution in [2.75, 3.05) is 0 Å². The Morgan fingerprint density at radius 2 is 2.25 bits per heavy atom. The van der Waals surface area contributed by atoms with E-state index in [0.717, 1.165) is 10.0 Å². The Morgan fingerprint density at radius 3 is 2.92 bits per heavy atom. The number of aliphatic hydroxyl groups is 1. The molecule has 2 atom stereocenters. The van der Waals surface area contributed by atoms with Crippen LogP contribution in [0, 0.1) is 0 Å². The van der Waals surface area contributed by atoms with E-state index in [1.807, 2.05) is 6.07 Å². The van der Waals surface area contributed by atoms with Gasteiger partial charge < -0.3 is 5.11 Å². The topological polar surface area (TPSA) is 20.2 Å². The Labute approximate surface area is 78.3 Å². The maximum absolute atomic E-state index is 13.2. The summed E-state index contributed by atoms with van der Waals surface area (Å²) in [5.41, 5.74) is 1.52. The van der Waals surface area contributed by atoms with Crippen molar-refractivity contribution < 1.29 is 9.50 Å². The first-order chi connectivity index (χ1) is 5.70. The first kappa shape index (κ1) is 8.20. The standard InChI is InChI=1S/C9H8BrFO/c10-7-3-1-2-5-6(7)4-8(12)9(5)11/h1-3,8-9,12H,4H2. The smallest absolute Gasteiger partial charge is 0.152 e. The van der Waals surface area contributed by atoms with E-state index in [2.05, 4.69) is 15.9 Å².